The Morgan fingerprint density at radius 3 is 2.30 bits per heavy atom. The molecule has 1 atom stereocenters. The zero-order valence-electron chi connectivity index (χ0n) is 20.7. The number of piperidine rings is 2. The van der Waals surface area contributed by atoms with Gasteiger partial charge in [0.15, 0.2) is 0 Å². The van der Waals surface area contributed by atoms with Crippen LogP contribution in [0.25, 0.3) is 0 Å². The number of rotatable bonds is 8. The molecule has 1 N–H and O–H groups in total. The number of sulfonamides is 2. The Hall–Kier alpha value is -2.18. The Kier molecular flexibility index (Phi) is 8.80. The Bertz CT molecular complexity index is 1330. The molecule has 0 unspecified atom stereocenters. The number of ether oxygens (including phenoxy) is 1. The molecule has 0 aromatic heterocycles. The first kappa shape index (κ1) is 27.8. The second-order valence-corrected chi connectivity index (χ2v) is 13.6. The largest absolute Gasteiger partial charge is 0.495 e. The minimum absolute atomic E-state index is 0.0249. The number of carbonyl (C=O) groups excluding carboxylic acids is 1. The van der Waals surface area contributed by atoms with Crippen LogP contribution in [0.4, 0.5) is 0 Å². The number of methoxy groups -OCH3 is 1. The van der Waals surface area contributed by atoms with Gasteiger partial charge in [-0.05, 0) is 61.6 Å². The average molecular weight is 570 g/mol. The van der Waals surface area contributed by atoms with Crippen LogP contribution >= 0.6 is 11.6 Å². The van der Waals surface area contributed by atoms with E-state index >= 15 is 0 Å². The minimum atomic E-state index is -3.91. The van der Waals surface area contributed by atoms with E-state index in [1.807, 2.05) is 0 Å². The monoisotopic (exact) mass is 569 g/mol. The smallest absolute Gasteiger partial charge is 0.246 e. The van der Waals surface area contributed by atoms with Crippen molar-refractivity contribution in [2.45, 2.75) is 48.4 Å². The Balaban J connectivity index is 1.38. The first-order valence-corrected chi connectivity index (χ1v) is 15.6. The van der Waals surface area contributed by atoms with E-state index in [0.29, 0.717) is 32.5 Å². The third-order valence-corrected chi connectivity index (χ3v) is 10.9. The van der Waals surface area contributed by atoms with Gasteiger partial charge < -0.3 is 10.1 Å². The van der Waals surface area contributed by atoms with Gasteiger partial charge in [0, 0.05) is 37.7 Å². The molecular weight excluding hydrogens is 538 g/mol. The summed E-state index contributed by atoms with van der Waals surface area (Å²) in [6.07, 6.45) is 3.90. The van der Waals surface area contributed by atoms with Gasteiger partial charge in [-0.25, -0.2) is 16.8 Å². The lowest BCUT2D eigenvalue weighted by molar-refractivity contribution is -0.126. The predicted molar refractivity (Wildman–Crippen MR) is 140 cm³/mol. The fraction of sp³-hybridized carbons (Fsp3) is 0.480. The number of benzene rings is 2. The molecule has 2 aliphatic rings. The standard InChI is InChI=1S/C25H32ClN3O6S2/c1-35-23-12-9-21(26)16-24(23)37(33,34)29-15-5-6-20(18-29)25(30)27-17-19-7-10-22(11-8-19)36(31,32)28-13-3-2-4-14-28/h7-12,16,20H,2-6,13-15,17-18H2,1H3,(H,27,30)/t20-/m1/s1. The first-order chi connectivity index (χ1) is 17.6. The van der Waals surface area contributed by atoms with Crippen molar-refractivity contribution in [1.29, 1.82) is 0 Å². The van der Waals surface area contributed by atoms with Crippen molar-refractivity contribution in [3.63, 3.8) is 0 Å². The van der Waals surface area contributed by atoms with Gasteiger partial charge >= 0.3 is 0 Å². The van der Waals surface area contributed by atoms with Crippen molar-refractivity contribution in [1.82, 2.24) is 13.9 Å². The number of carbonyl (C=O) groups is 1. The molecule has 0 radical (unpaired) electrons. The van der Waals surface area contributed by atoms with E-state index in [9.17, 15) is 21.6 Å². The van der Waals surface area contributed by atoms with Crippen molar-refractivity contribution in [3.05, 3.63) is 53.1 Å². The number of hydrogen-bond donors (Lipinski definition) is 1. The molecule has 4 rings (SSSR count). The summed E-state index contributed by atoms with van der Waals surface area (Å²) in [6.45, 7) is 1.65. The average Bonchev–Trinajstić information content (AvgIpc) is 2.92. The third kappa shape index (κ3) is 6.28. The van der Waals surface area contributed by atoms with Crippen molar-refractivity contribution < 1.29 is 26.4 Å². The summed E-state index contributed by atoms with van der Waals surface area (Å²) in [7, 11) is -6.02. The maximum atomic E-state index is 13.3. The normalized spacial score (nSPS) is 19.9. The number of halogens is 1. The molecule has 0 bridgehead atoms. The molecular formula is C25H32ClN3O6S2. The minimum Gasteiger partial charge on any atom is -0.495 e. The Morgan fingerprint density at radius 1 is 0.946 bits per heavy atom. The number of nitrogens with zero attached hydrogens (tertiary/aromatic N) is 2. The molecule has 2 heterocycles. The van der Waals surface area contributed by atoms with Gasteiger partial charge in [-0.3, -0.25) is 4.79 Å². The van der Waals surface area contributed by atoms with Gasteiger partial charge in [0.25, 0.3) is 0 Å². The molecule has 9 nitrogen and oxygen atoms in total. The van der Waals surface area contributed by atoms with Crippen LogP contribution in [-0.4, -0.2) is 64.6 Å². The zero-order valence-corrected chi connectivity index (χ0v) is 23.1. The summed E-state index contributed by atoms with van der Waals surface area (Å²) in [5.74, 6) is -0.558. The fourth-order valence-corrected chi connectivity index (χ4v) is 8.19. The van der Waals surface area contributed by atoms with Crippen LogP contribution in [0, 0.1) is 5.92 Å². The zero-order chi connectivity index (χ0) is 26.6. The van der Waals surface area contributed by atoms with Gasteiger partial charge in [-0.15, -0.1) is 0 Å². The molecule has 12 heteroatoms. The second kappa shape index (κ2) is 11.7. The van der Waals surface area contributed by atoms with Gasteiger partial charge in [0.1, 0.15) is 10.6 Å². The van der Waals surface area contributed by atoms with E-state index in [1.165, 1.54) is 27.9 Å². The van der Waals surface area contributed by atoms with Crippen LogP contribution in [0.5, 0.6) is 5.75 Å². The van der Waals surface area contributed by atoms with Crippen molar-refractivity contribution in [3.8, 4) is 5.75 Å². The summed E-state index contributed by atoms with van der Waals surface area (Å²) in [5, 5.41) is 3.15. The van der Waals surface area contributed by atoms with E-state index in [1.54, 1.807) is 30.3 Å². The lowest BCUT2D eigenvalue weighted by atomic mass is 9.99. The lowest BCUT2D eigenvalue weighted by Crippen LogP contribution is -2.45. The summed E-state index contributed by atoms with van der Waals surface area (Å²) in [4.78, 5) is 13.1. The van der Waals surface area contributed by atoms with Crippen LogP contribution in [0.1, 0.15) is 37.7 Å². The highest BCUT2D eigenvalue weighted by molar-refractivity contribution is 7.89. The summed E-state index contributed by atoms with van der Waals surface area (Å²) in [5.41, 5.74) is 0.759. The second-order valence-electron chi connectivity index (χ2n) is 9.32. The molecule has 2 aromatic carbocycles. The molecule has 202 valence electrons. The number of hydrogen-bond acceptors (Lipinski definition) is 6. The molecule has 37 heavy (non-hydrogen) atoms. The Labute approximate surface area is 223 Å². The number of amides is 1. The molecule has 2 aliphatic heterocycles. The quantitative estimate of drug-likeness (QED) is 0.522. The van der Waals surface area contributed by atoms with Crippen molar-refractivity contribution in [2.75, 3.05) is 33.3 Å². The van der Waals surface area contributed by atoms with Crippen LogP contribution in [0.3, 0.4) is 0 Å². The molecule has 1 amide bonds. The van der Waals surface area contributed by atoms with Crippen LogP contribution in [0.2, 0.25) is 5.02 Å². The number of nitrogens with one attached hydrogen (secondary N) is 1. The van der Waals surface area contributed by atoms with Crippen LogP contribution < -0.4 is 10.1 Å². The van der Waals surface area contributed by atoms with Gasteiger partial charge in [0.05, 0.1) is 17.9 Å². The highest BCUT2D eigenvalue weighted by Gasteiger charge is 2.35. The summed E-state index contributed by atoms with van der Waals surface area (Å²) < 4.78 is 60.3. The first-order valence-electron chi connectivity index (χ1n) is 12.3. The van der Waals surface area contributed by atoms with Gasteiger partial charge in [-0.2, -0.15) is 8.61 Å². The maximum Gasteiger partial charge on any atom is 0.246 e. The maximum absolute atomic E-state index is 13.3. The molecule has 0 saturated carbocycles. The predicted octanol–water partition coefficient (Wildman–Crippen LogP) is 3.24. The highest BCUT2D eigenvalue weighted by atomic mass is 35.5. The SMILES string of the molecule is COc1ccc(Cl)cc1S(=O)(=O)N1CCC[C@@H](C(=O)NCc2ccc(S(=O)(=O)N3CCCCC3)cc2)C1. The molecule has 2 fully saturated rings. The third-order valence-electron chi connectivity index (χ3n) is 6.84. The molecule has 0 aliphatic carbocycles. The fourth-order valence-electron chi connectivity index (χ4n) is 4.73. The highest BCUT2D eigenvalue weighted by Crippen LogP contribution is 2.32. The lowest BCUT2D eigenvalue weighted by Gasteiger charge is -2.31. The van der Waals surface area contributed by atoms with Crippen molar-refractivity contribution in [2.24, 2.45) is 5.92 Å². The molecule has 2 aromatic rings. The van der Waals surface area contributed by atoms with Crippen LogP contribution in [-0.2, 0) is 31.4 Å². The van der Waals surface area contributed by atoms with E-state index in [-0.39, 0.29) is 39.6 Å². The van der Waals surface area contributed by atoms with Gasteiger partial charge in [0.2, 0.25) is 26.0 Å². The topological polar surface area (TPSA) is 113 Å². The van der Waals surface area contributed by atoms with Crippen LogP contribution in [0.15, 0.2) is 52.3 Å². The van der Waals surface area contributed by atoms with E-state index < -0.39 is 26.0 Å². The van der Waals surface area contributed by atoms with E-state index in [2.05, 4.69) is 5.32 Å². The summed E-state index contributed by atoms with van der Waals surface area (Å²) >= 11 is 6.03. The van der Waals surface area contributed by atoms with Gasteiger partial charge in [-0.1, -0.05) is 30.2 Å². The van der Waals surface area contributed by atoms with Crippen molar-refractivity contribution >= 4 is 37.6 Å². The van der Waals surface area contributed by atoms with E-state index in [0.717, 1.165) is 24.8 Å². The Morgan fingerprint density at radius 2 is 1.62 bits per heavy atom. The summed E-state index contributed by atoms with van der Waals surface area (Å²) in [6, 6.07) is 10.9. The molecule has 0 spiro atoms. The van der Waals surface area contributed by atoms with E-state index in [4.69, 9.17) is 16.3 Å². The molecule has 2 saturated heterocycles.